The third kappa shape index (κ3) is 9.40. The van der Waals surface area contributed by atoms with Gasteiger partial charge in [-0.3, -0.25) is 14.3 Å². The van der Waals surface area contributed by atoms with E-state index in [1.807, 2.05) is 0 Å². The Balaban J connectivity index is 0.000000690. The van der Waals surface area contributed by atoms with Crippen molar-refractivity contribution in [3.8, 4) is 5.75 Å². The quantitative estimate of drug-likeness (QED) is 0.306. The Bertz CT molecular complexity index is 583. The van der Waals surface area contributed by atoms with Gasteiger partial charge in [0.05, 0.1) is 17.9 Å². The maximum absolute atomic E-state index is 10.7. The minimum atomic E-state index is -4.64. The van der Waals surface area contributed by atoms with E-state index in [4.69, 9.17) is 29.0 Å². The third-order valence-corrected chi connectivity index (χ3v) is 2.33. The molecular formula is C8H13NO10P2. The van der Waals surface area contributed by atoms with Gasteiger partial charge in [-0.25, -0.2) is 9.13 Å². The van der Waals surface area contributed by atoms with Crippen molar-refractivity contribution in [2.45, 2.75) is 13.5 Å². The number of rotatable bonds is 4. The summed E-state index contributed by atoms with van der Waals surface area (Å²) in [5.74, 6) is -0.318. The molecule has 0 aliphatic rings. The van der Waals surface area contributed by atoms with Crippen LogP contribution in [0.5, 0.6) is 5.75 Å². The molecular weight excluding hydrogens is 332 g/mol. The fourth-order valence-corrected chi connectivity index (χ4v) is 1.36. The largest absolute Gasteiger partial charge is 0.505 e. The summed E-state index contributed by atoms with van der Waals surface area (Å²) in [5, 5.41) is 9.46. The number of phosphoric ester groups is 1. The van der Waals surface area contributed by atoms with E-state index in [0.29, 0.717) is 6.29 Å². The molecule has 0 spiro atoms. The Morgan fingerprint density at radius 2 is 1.71 bits per heavy atom. The van der Waals surface area contributed by atoms with Crippen LogP contribution in [0.25, 0.3) is 0 Å². The lowest BCUT2D eigenvalue weighted by Gasteiger charge is -2.09. The Morgan fingerprint density at radius 3 is 2.10 bits per heavy atom. The van der Waals surface area contributed by atoms with Crippen LogP contribution >= 0.6 is 15.6 Å². The number of hydrogen-bond acceptors (Lipinski definition) is 6. The van der Waals surface area contributed by atoms with E-state index in [1.54, 1.807) is 0 Å². The van der Waals surface area contributed by atoms with E-state index in [-0.39, 0.29) is 22.6 Å². The van der Waals surface area contributed by atoms with Crippen molar-refractivity contribution >= 4 is 21.9 Å². The second-order valence-electron chi connectivity index (χ2n) is 3.53. The van der Waals surface area contributed by atoms with Crippen molar-refractivity contribution in [1.29, 1.82) is 0 Å². The number of hydrogen-bond donors (Lipinski definition) is 6. The summed E-state index contributed by atoms with van der Waals surface area (Å²) >= 11 is 0. The van der Waals surface area contributed by atoms with E-state index in [2.05, 4.69) is 9.51 Å². The highest BCUT2D eigenvalue weighted by Crippen LogP contribution is 2.37. The summed E-state index contributed by atoms with van der Waals surface area (Å²) < 4.78 is 23.5. The number of carbonyl (C=O) groups is 1. The van der Waals surface area contributed by atoms with Gasteiger partial charge in [-0.05, 0) is 6.92 Å². The van der Waals surface area contributed by atoms with Crippen LogP contribution in [0.1, 0.15) is 21.6 Å². The zero-order valence-electron chi connectivity index (χ0n) is 10.5. The topological polar surface area (TPSA) is 195 Å². The average Bonchev–Trinajstić information content (AvgIpc) is 2.27. The van der Waals surface area contributed by atoms with Gasteiger partial charge in [-0.1, -0.05) is 0 Å². The van der Waals surface area contributed by atoms with E-state index in [9.17, 15) is 14.5 Å². The Labute approximate surface area is 118 Å². The molecule has 0 aliphatic heterocycles. The first kappa shape index (κ1) is 19.8. The van der Waals surface area contributed by atoms with Crippen LogP contribution in [0.4, 0.5) is 0 Å². The normalized spacial score (nSPS) is 11.5. The lowest BCUT2D eigenvalue weighted by atomic mass is 10.1. The number of pyridine rings is 1. The average molecular weight is 345 g/mol. The van der Waals surface area contributed by atoms with Crippen molar-refractivity contribution < 1.29 is 48.0 Å². The molecule has 1 heterocycles. The second kappa shape index (κ2) is 7.74. The molecule has 0 amide bonds. The molecule has 21 heavy (non-hydrogen) atoms. The first-order chi connectivity index (χ1) is 9.35. The number of aryl methyl sites for hydroxylation is 1. The van der Waals surface area contributed by atoms with Crippen molar-refractivity contribution in [2.75, 3.05) is 0 Å². The third-order valence-electron chi connectivity index (χ3n) is 1.86. The lowest BCUT2D eigenvalue weighted by molar-refractivity contribution is 0.111. The number of phosphoric acid groups is 2. The van der Waals surface area contributed by atoms with Crippen molar-refractivity contribution in [2.24, 2.45) is 0 Å². The maximum Gasteiger partial charge on any atom is 0.469 e. The molecule has 0 fully saturated rings. The second-order valence-corrected chi connectivity index (χ2v) is 5.79. The number of aromatic hydroxyl groups is 1. The van der Waals surface area contributed by atoms with Crippen molar-refractivity contribution in [3.05, 3.63) is 23.0 Å². The van der Waals surface area contributed by atoms with Gasteiger partial charge in [0.15, 0.2) is 6.29 Å². The monoisotopic (exact) mass is 345 g/mol. The summed E-state index contributed by atoms with van der Waals surface area (Å²) in [7, 11) is -9.25. The number of aromatic nitrogens is 1. The first-order valence-electron chi connectivity index (χ1n) is 4.96. The molecule has 0 saturated heterocycles. The molecule has 120 valence electrons. The molecule has 1 aromatic rings. The highest BCUT2D eigenvalue weighted by molar-refractivity contribution is 7.46. The predicted molar refractivity (Wildman–Crippen MR) is 67.1 cm³/mol. The van der Waals surface area contributed by atoms with Gasteiger partial charge in [0.2, 0.25) is 0 Å². The molecule has 13 heteroatoms. The van der Waals surface area contributed by atoms with Crippen LogP contribution in [0, 0.1) is 6.92 Å². The standard InChI is InChI=1S/C8H10NO6P.H3O4P/c1-5-8(11)7(3-10)6(2-9-5)4-15-16(12,13)14;1-5(2,3)4/h2-3,11H,4H2,1H3,(H2,12,13,14);(H3,1,2,3,4). The maximum atomic E-state index is 10.7. The molecule has 0 saturated carbocycles. The van der Waals surface area contributed by atoms with Gasteiger partial charge in [0.25, 0.3) is 0 Å². The molecule has 0 aromatic carbocycles. The summed E-state index contributed by atoms with van der Waals surface area (Å²) in [4.78, 5) is 53.0. The molecule has 0 bridgehead atoms. The first-order valence-corrected chi connectivity index (χ1v) is 8.05. The minimum absolute atomic E-state index is 0.0825. The zero-order valence-corrected chi connectivity index (χ0v) is 12.3. The molecule has 1 rings (SSSR count). The van der Waals surface area contributed by atoms with E-state index >= 15 is 0 Å². The van der Waals surface area contributed by atoms with Gasteiger partial charge in [0, 0.05) is 11.8 Å². The van der Waals surface area contributed by atoms with E-state index in [1.165, 1.54) is 13.1 Å². The zero-order chi connectivity index (χ0) is 16.8. The highest BCUT2D eigenvalue weighted by atomic mass is 31.2. The van der Waals surface area contributed by atoms with Crippen molar-refractivity contribution in [1.82, 2.24) is 4.98 Å². The Hall–Kier alpha value is -1.16. The fraction of sp³-hybridized carbons (Fsp3) is 0.250. The van der Waals surface area contributed by atoms with Crippen molar-refractivity contribution in [3.63, 3.8) is 0 Å². The molecule has 0 aliphatic carbocycles. The summed E-state index contributed by atoms with van der Waals surface area (Å²) in [5.41, 5.74) is 0.282. The van der Waals surface area contributed by atoms with Gasteiger partial charge < -0.3 is 29.6 Å². The predicted octanol–water partition coefficient (Wildman–Crippen LogP) is -0.411. The lowest BCUT2D eigenvalue weighted by Crippen LogP contribution is -1.99. The molecule has 0 unspecified atom stereocenters. The SMILES string of the molecule is Cc1ncc(COP(=O)(O)O)c(C=O)c1O.O=P(O)(O)O. The Morgan fingerprint density at radius 1 is 1.24 bits per heavy atom. The fourth-order valence-electron chi connectivity index (χ4n) is 1.05. The van der Waals surface area contributed by atoms with Crippen LogP contribution in [0.15, 0.2) is 6.20 Å². The van der Waals surface area contributed by atoms with Crippen LogP contribution in [0.3, 0.4) is 0 Å². The smallest absolute Gasteiger partial charge is 0.469 e. The molecule has 6 N–H and O–H groups in total. The summed E-state index contributed by atoms with van der Waals surface area (Å²) in [6.07, 6.45) is 1.59. The minimum Gasteiger partial charge on any atom is -0.505 e. The molecule has 11 nitrogen and oxygen atoms in total. The Kier molecular flexibility index (Phi) is 7.31. The number of nitrogens with zero attached hydrogens (tertiary/aromatic N) is 1. The van der Waals surface area contributed by atoms with Gasteiger partial charge in [-0.15, -0.1) is 0 Å². The van der Waals surface area contributed by atoms with E-state index in [0.717, 1.165) is 0 Å². The van der Waals surface area contributed by atoms with E-state index < -0.39 is 22.3 Å². The number of aldehydes is 1. The summed E-state index contributed by atoms with van der Waals surface area (Å²) in [6.45, 7) is 0.995. The van der Waals surface area contributed by atoms with Crippen LogP contribution in [-0.4, -0.2) is 40.8 Å². The van der Waals surface area contributed by atoms with Gasteiger partial charge >= 0.3 is 15.6 Å². The molecule has 0 radical (unpaired) electrons. The number of carbonyl (C=O) groups excluding carboxylic acids is 1. The van der Waals surface area contributed by atoms with Gasteiger partial charge in [0.1, 0.15) is 5.75 Å². The molecule has 0 atom stereocenters. The van der Waals surface area contributed by atoms with Crippen LogP contribution < -0.4 is 0 Å². The summed E-state index contributed by atoms with van der Waals surface area (Å²) in [6, 6.07) is 0. The van der Waals surface area contributed by atoms with Crippen LogP contribution in [-0.2, 0) is 20.3 Å². The molecule has 1 aromatic heterocycles. The highest BCUT2D eigenvalue weighted by Gasteiger charge is 2.17. The van der Waals surface area contributed by atoms with Gasteiger partial charge in [-0.2, -0.15) is 0 Å². The van der Waals surface area contributed by atoms with Crippen LogP contribution in [0.2, 0.25) is 0 Å².